The van der Waals surface area contributed by atoms with Gasteiger partial charge in [-0.05, 0) is 30.7 Å². The first-order valence-electron chi connectivity index (χ1n) is 4.62. The maximum atomic E-state index is 8.61. The smallest absolute Gasteiger partial charge is 0.0991 e. The molecule has 1 rings (SSSR count). The van der Waals surface area contributed by atoms with Gasteiger partial charge in [-0.1, -0.05) is 6.92 Å². The van der Waals surface area contributed by atoms with Crippen molar-refractivity contribution in [3.8, 4) is 6.07 Å². The number of nitrogens with zero attached hydrogens (tertiary/aromatic N) is 1. The Labute approximate surface area is 89.5 Å². The normalized spacial score (nSPS) is 11.8. The van der Waals surface area contributed by atoms with Gasteiger partial charge in [-0.3, -0.25) is 0 Å². The molecule has 0 aliphatic heterocycles. The topological polar surface area (TPSA) is 35.8 Å². The van der Waals surface area contributed by atoms with Gasteiger partial charge in [-0.25, -0.2) is 0 Å². The molecular formula is C11H13ClN2. The van der Waals surface area contributed by atoms with Crippen LogP contribution in [0.5, 0.6) is 0 Å². The van der Waals surface area contributed by atoms with Crippen LogP contribution in [0.25, 0.3) is 0 Å². The molecule has 0 amide bonds. The highest BCUT2D eigenvalue weighted by atomic mass is 35.5. The molecule has 0 heterocycles. The van der Waals surface area contributed by atoms with E-state index >= 15 is 0 Å². The zero-order chi connectivity index (χ0) is 10.4. The second-order valence-electron chi connectivity index (χ2n) is 3.09. The summed E-state index contributed by atoms with van der Waals surface area (Å²) >= 11 is 5.76. The summed E-state index contributed by atoms with van der Waals surface area (Å²) in [7, 11) is 0. The number of hydrogen-bond donors (Lipinski definition) is 1. The third-order valence-electron chi connectivity index (χ3n) is 2.06. The molecule has 74 valence electrons. The molecular weight excluding hydrogens is 196 g/mol. The molecule has 0 aliphatic rings. The number of anilines is 1. The number of nitrogens with one attached hydrogen (secondary N) is 1. The first-order valence-corrected chi connectivity index (χ1v) is 5.16. The number of hydrogen-bond acceptors (Lipinski definition) is 2. The second kappa shape index (κ2) is 5.51. The minimum atomic E-state index is 0.296. The van der Waals surface area contributed by atoms with E-state index in [1.54, 1.807) is 12.1 Å². The van der Waals surface area contributed by atoms with Crippen molar-refractivity contribution < 1.29 is 0 Å². The fourth-order valence-electron chi connectivity index (χ4n) is 1.13. The molecule has 2 nitrogen and oxygen atoms in total. The summed E-state index contributed by atoms with van der Waals surface area (Å²) in [6, 6.07) is 9.76. The van der Waals surface area contributed by atoms with E-state index in [0.29, 0.717) is 17.5 Å². The third kappa shape index (κ3) is 2.93. The monoisotopic (exact) mass is 208 g/mol. The number of benzene rings is 1. The molecule has 0 radical (unpaired) electrons. The highest BCUT2D eigenvalue weighted by Gasteiger charge is 2.03. The summed E-state index contributed by atoms with van der Waals surface area (Å²) in [5.41, 5.74) is 1.69. The minimum absolute atomic E-state index is 0.296. The van der Waals surface area contributed by atoms with E-state index in [4.69, 9.17) is 16.9 Å². The quantitative estimate of drug-likeness (QED) is 0.773. The molecule has 1 aromatic carbocycles. The molecule has 0 aromatic heterocycles. The highest BCUT2D eigenvalue weighted by molar-refractivity contribution is 6.18. The van der Waals surface area contributed by atoms with Crippen molar-refractivity contribution >= 4 is 17.3 Å². The van der Waals surface area contributed by atoms with Crippen molar-refractivity contribution in [2.75, 3.05) is 11.2 Å². The van der Waals surface area contributed by atoms with Gasteiger partial charge >= 0.3 is 0 Å². The second-order valence-corrected chi connectivity index (χ2v) is 3.40. The summed E-state index contributed by atoms with van der Waals surface area (Å²) < 4.78 is 0. The van der Waals surface area contributed by atoms with Crippen molar-refractivity contribution in [2.45, 2.75) is 19.4 Å². The maximum absolute atomic E-state index is 8.61. The van der Waals surface area contributed by atoms with Gasteiger partial charge in [0.15, 0.2) is 0 Å². The van der Waals surface area contributed by atoms with Crippen LogP contribution in [0.15, 0.2) is 24.3 Å². The van der Waals surface area contributed by atoms with E-state index < -0.39 is 0 Å². The average molecular weight is 209 g/mol. The molecule has 1 N–H and O–H groups in total. The first kappa shape index (κ1) is 10.9. The predicted molar refractivity (Wildman–Crippen MR) is 59.6 cm³/mol. The number of rotatable bonds is 4. The van der Waals surface area contributed by atoms with E-state index in [1.165, 1.54) is 0 Å². The number of halogens is 1. The van der Waals surface area contributed by atoms with Crippen molar-refractivity contribution in [3.05, 3.63) is 29.8 Å². The summed E-state index contributed by atoms with van der Waals surface area (Å²) in [4.78, 5) is 0. The van der Waals surface area contributed by atoms with Gasteiger partial charge in [-0.15, -0.1) is 11.6 Å². The molecule has 3 heteroatoms. The van der Waals surface area contributed by atoms with E-state index in [0.717, 1.165) is 12.1 Å². The van der Waals surface area contributed by atoms with Gasteiger partial charge in [0, 0.05) is 17.6 Å². The molecule has 0 bridgehead atoms. The van der Waals surface area contributed by atoms with Crippen LogP contribution in [0.4, 0.5) is 5.69 Å². The Balaban J connectivity index is 2.64. The lowest BCUT2D eigenvalue weighted by atomic mass is 10.2. The Morgan fingerprint density at radius 1 is 1.43 bits per heavy atom. The molecule has 0 aliphatic carbocycles. The Morgan fingerprint density at radius 2 is 2.07 bits per heavy atom. The molecule has 14 heavy (non-hydrogen) atoms. The number of nitriles is 1. The zero-order valence-electron chi connectivity index (χ0n) is 8.13. The van der Waals surface area contributed by atoms with Crippen LogP contribution in [-0.4, -0.2) is 11.9 Å². The van der Waals surface area contributed by atoms with Crippen LogP contribution in [-0.2, 0) is 0 Å². The predicted octanol–water partition coefficient (Wildman–Crippen LogP) is 2.99. The average Bonchev–Trinajstić information content (AvgIpc) is 2.26. The highest BCUT2D eigenvalue weighted by Crippen LogP contribution is 2.11. The standard InChI is InChI=1S/C11H13ClN2/c1-2-10(7-12)14-11-5-3-9(8-13)4-6-11/h3-6,10,14H,2,7H2,1H3. The lowest BCUT2D eigenvalue weighted by Crippen LogP contribution is -2.19. The Bertz CT molecular complexity index is 309. The molecule has 0 saturated heterocycles. The van der Waals surface area contributed by atoms with Crippen LogP contribution in [0.3, 0.4) is 0 Å². The van der Waals surface area contributed by atoms with E-state index in [9.17, 15) is 0 Å². The fourth-order valence-corrected chi connectivity index (χ4v) is 1.42. The van der Waals surface area contributed by atoms with E-state index in [1.807, 2.05) is 12.1 Å². The summed E-state index contributed by atoms with van der Waals surface area (Å²) in [5.74, 6) is 0.594. The molecule has 1 unspecified atom stereocenters. The maximum Gasteiger partial charge on any atom is 0.0991 e. The summed E-state index contributed by atoms with van der Waals surface area (Å²) in [6.45, 7) is 2.09. The van der Waals surface area contributed by atoms with Gasteiger partial charge < -0.3 is 5.32 Å². The lowest BCUT2D eigenvalue weighted by Gasteiger charge is -2.14. The Kier molecular flexibility index (Phi) is 4.28. The van der Waals surface area contributed by atoms with Gasteiger partial charge in [0.2, 0.25) is 0 Å². The summed E-state index contributed by atoms with van der Waals surface area (Å²) in [6.07, 6.45) is 0.990. The Morgan fingerprint density at radius 3 is 2.50 bits per heavy atom. The van der Waals surface area contributed by atoms with Crippen molar-refractivity contribution in [3.63, 3.8) is 0 Å². The largest absolute Gasteiger partial charge is 0.381 e. The van der Waals surface area contributed by atoms with Gasteiger partial charge in [0.1, 0.15) is 0 Å². The van der Waals surface area contributed by atoms with Gasteiger partial charge in [0.25, 0.3) is 0 Å². The van der Waals surface area contributed by atoms with Gasteiger partial charge in [-0.2, -0.15) is 5.26 Å². The number of alkyl halides is 1. The first-order chi connectivity index (χ1) is 6.80. The Hall–Kier alpha value is -1.20. The van der Waals surface area contributed by atoms with Gasteiger partial charge in [0.05, 0.1) is 11.6 Å². The zero-order valence-corrected chi connectivity index (χ0v) is 8.88. The van der Waals surface area contributed by atoms with E-state index in [-0.39, 0.29) is 0 Å². The summed E-state index contributed by atoms with van der Waals surface area (Å²) in [5, 5.41) is 11.9. The SMILES string of the molecule is CCC(CCl)Nc1ccc(C#N)cc1. The van der Waals surface area contributed by atoms with Crippen molar-refractivity contribution in [1.82, 2.24) is 0 Å². The van der Waals surface area contributed by atoms with Crippen LogP contribution in [0.1, 0.15) is 18.9 Å². The fraction of sp³-hybridized carbons (Fsp3) is 0.364. The minimum Gasteiger partial charge on any atom is -0.381 e. The lowest BCUT2D eigenvalue weighted by molar-refractivity contribution is 0.770. The van der Waals surface area contributed by atoms with Crippen LogP contribution in [0.2, 0.25) is 0 Å². The van der Waals surface area contributed by atoms with Crippen molar-refractivity contribution in [1.29, 1.82) is 5.26 Å². The van der Waals surface area contributed by atoms with E-state index in [2.05, 4.69) is 18.3 Å². The third-order valence-corrected chi connectivity index (χ3v) is 2.44. The van der Waals surface area contributed by atoms with Crippen LogP contribution in [0, 0.1) is 11.3 Å². The molecule has 0 saturated carbocycles. The van der Waals surface area contributed by atoms with Crippen molar-refractivity contribution in [2.24, 2.45) is 0 Å². The molecule has 1 atom stereocenters. The van der Waals surface area contributed by atoms with Crippen LogP contribution >= 0.6 is 11.6 Å². The molecule has 0 spiro atoms. The van der Waals surface area contributed by atoms with Crippen LogP contribution < -0.4 is 5.32 Å². The molecule has 1 aromatic rings. The molecule has 0 fully saturated rings.